The molecule has 1 aliphatic heterocycles. The van der Waals surface area contributed by atoms with Crippen LogP contribution in [0.4, 0.5) is 0 Å². The number of aromatic amines is 1. The summed E-state index contributed by atoms with van der Waals surface area (Å²) in [7, 11) is 3.31. The molecule has 5 rings (SSSR count). The van der Waals surface area contributed by atoms with Crippen LogP contribution >= 0.6 is 0 Å². The number of nitrogens with zero attached hydrogens (tertiary/aromatic N) is 2. The Morgan fingerprint density at radius 1 is 1.09 bits per heavy atom. The largest absolute Gasteiger partial charge is 0.493 e. The predicted octanol–water partition coefficient (Wildman–Crippen LogP) is 5.26. The number of fused-ring (bicyclic) bond motifs is 1. The van der Waals surface area contributed by atoms with E-state index < -0.39 is 5.41 Å². The molecular formula is C28H35N3O3. The van der Waals surface area contributed by atoms with E-state index in [1.165, 1.54) is 17.4 Å². The zero-order valence-corrected chi connectivity index (χ0v) is 20.3. The molecule has 1 N–H and O–H groups in total. The maximum Gasteiger partial charge on any atom is 0.233 e. The first-order valence-electron chi connectivity index (χ1n) is 12.6. The first kappa shape index (κ1) is 22.8. The number of benzene rings is 2. The van der Waals surface area contributed by atoms with E-state index in [0.717, 1.165) is 69.1 Å². The second-order valence-corrected chi connectivity index (χ2v) is 9.92. The van der Waals surface area contributed by atoms with Crippen molar-refractivity contribution in [1.82, 2.24) is 15.1 Å². The summed E-state index contributed by atoms with van der Waals surface area (Å²) in [6.07, 6.45) is 10.3. The average molecular weight is 462 g/mol. The highest BCUT2D eigenvalue weighted by molar-refractivity contribution is 5.89. The third-order valence-electron chi connectivity index (χ3n) is 7.94. The number of likely N-dealkylation sites (tertiary alicyclic amines) is 1. The Morgan fingerprint density at radius 2 is 1.91 bits per heavy atom. The smallest absolute Gasteiger partial charge is 0.233 e. The van der Waals surface area contributed by atoms with Gasteiger partial charge in [-0.15, -0.1) is 0 Å². The number of amides is 1. The molecule has 0 bridgehead atoms. The van der Waals surface area contributed by atoms with Crippen molar-refractivity contribution >= 4 is 16.8 Å². The van der Waals surface area contributed by atoms with E-state index in [4.69, 9.17) is 9.47 Å². The van der Waals surface area contributed by atoms with Gasteiger partial charge in [0.1, 0.15) is 0 Å². The van der Waals surface area contributed by atoms with Crippen LogP contribution in [0.15, 0.2) is 42.6 Å². The Hall–Kier alpha value is -3.02. The monoisotopic (exact) mass is 461 g/mol. The van der Waals surface area contributed by atoms with Gasteiger partial charge in [-0.3, -0.25) is 9.89 Å². The highest BCUT2D eigenvalue weighted by Gasteiger charge is 2.45. The molecule has 3 aromatic rings. The van der Waals surface area contributed by atoms with Gasteiger partial charge in [-0.2, -0.15) is 5.10 Å². The second-order valence-electron chi connectivity index (χ2n) is 9.92. The maximum absolute atomic E-state index is 14.2. The Balaban J connectivity index is 1.41. The topological polar surface area (TPSA) is 67.5 Å². The zero-order valence-electron chi connectivity index (χ0n) is 20.3. The maximum atomic E-state index is 14.2. The van der Waals surface area contributed by atoms with Gasteiger partial charge in [0.2, 0.25) is 5.91 Å². The minimum absolute atomic E-state index is 0.297. The number of carbonyl (C=O) groups is 1. The van der Waals surface area contributed by atoms with Gasteiger partial charge in [0.25, 0.3) is 0 Å². The molecule has 0 spiro atoms. The highest BCUT2D eigenvalue weighted by atomic mass is 16.5. The van der Waals surface area contributed by atoms with Crippen LogP contribution in [0.3, 0.4) is 0 Å². The second kappa shape index (κ2) is 9.69. The van der Waals surface area contributed by atoms with Gasteiger partial charge in [-0.25, -0.2) is 0 Å². The summed E-state index contributed by atoms with van der Waals surface area (Å²) in [5.41, 5.74) is 3.01. The molecule has 1 saturated heterocycles. The molecule has 0 radical (unpaired) electrons. The molecule has 180 valence electrons. The molecule has 2 fully saturated rings. The lowest BCUT2D eigenvalue weighted by Crippen LogP contribution is -2.47. The lowest BCUT2D eigenvalue weighted by molar-refractivity contribution is -0.137. The van der Waals surface area contributed by atoms with Gasteiger partial charge in [0.15, 0.2) is 11.5 Å². The van der Waals surface area contributed by atoms with Gasteiger partial charge in [-0.1, -0.05) is 37.5 Å². The summed E-state index contributed by atoms with van der Waals surface area (Å²) < 4.78 is 11.0. The fraction of sp³-hybridized carbons (Fsp3) is 0.500. The number of aromatic nitrogens is 2. The van der Waals surface area contributed by atoms with Gasteiger partial charge in [0.05, 0.1) is 31.3 Å². The molecule has 2 heterocycles. The summed E-state index contributed by atoms with van der Waals surface area (Å²) in [6, 6.07) is 12.4. The van der Waals surface area contributed by atoms with E-state index in [2.05, 4.69) is 39.4 Å². The lowest BCUT2D eigenvalue weighted by Gasteiger charge is -2.36. The van der Waals surface area contributed by atoms with Gasteiger partial charge in [0, 0.05) is 18.5 Å². The zero-order chi connectivity index (χ0) is 23.5. The molecule has 1 aromatic heterocycles. The molecule has 34 heavy (non-hydrogen) atoms. The fourth-order valence-corrected chi connectivity index (χ4v) is 6.14. The van der Waals surface area contributed by atoms with Crippen LogP contribution in [0.5, 0.6) is 11.5 Å². The highest BCUT2D eigenvalue weighted by Crippen LogP contribution is 2.45. The molecule has 1 amide bonds. The van der Waals surface area contributed by atoms with Crippen molar-refractivity contribution in [3.8, 4) is 11.5 Å². The number of nitrogens with one attached hydrogen (secondary N) is 1. The number of H-pyrrole nitrogens is 1. The molecule has 2 aliphatic rings. The van der Waals surface area contributed by atoms with Crippen molar-refractivity contribution in [2.24, 2.45) is 5.92 Å². The molecule has 1 saturated carbocycles. The number of rotatable bonds is 6. The van der Waals surface area contributed by atoms with Crippen LogP contribution in [0, 0.1) is 5.92 Å². The third kappa shape index (κ3) is 4.15. The Kier molecular flexibility index (Phi) is 6.48. The number of hydrogen-bond acceptors (Lipinski definition) is 4. The summed E-state index contributed by atoms with van der Waals surface area (Å²) in [4.78, 5) is 16.4. The summed E-state index contributed by atoms with van der Waals surface area (Å²) >= 11 is 0. The van der Waals surface area contributed by atoms with Crippen molar-refractivity contribution in [2.75, 3.05) is 27.3 Å². The lowest BCUT2D eigenvalue weighted by atomic mass is 9.77. The van der Waals surface area contributed by atoms with E-state index >= 15 is 0 Å². The van der Waals surface area contributed by atoms with E-state index in [1.54, 1.807) is 14.2 Å². The van der Waals surface area contributed by atoms with Crippen molar-refractivity contribution < 1.29 is 14.3 Å². The number of ether oxygens (including phenoxy) is 2. The Morgan fingerprint density at radius 3 is 2.71 bits per heavy atom. The quantitative estimate of drug-likeness (QED) is 0.544. The Labute approximate surface area is 201 Å². The van der Waals surface area contributed by atoms with Crippen molar-refractivity contribution in [1.29, 1.82) is 0 Å². The van der Waals surface area contributed by atoms with Crippen molar-refractivity contribution in [3.63, 3.8) is 0 Å². The van der Waals surface area contributed by atoms with Crippen LogP contribution in [-0.2, 0) is 16.6 Å². The van der Waals surface area contributed by atoms with Gasteiger partial charge < -0.3 is 14.4 Å². The molecule has 1 atom stereocenters. The third-order valence-corrected chi connectivity index (χ3v) is 7.94. The summed E-state index contributed by atoms with van der Waals surface area (Å²) in [5, 5.41) is 8.51. The van der Waals surface area contributed by atoms with E-state index in [0.29, 0.717) is 23.3 Å². The standard InChI is InChI=1S/C28H35N3O3/c1-33-25-12-11-22(17-26(25)34-2)28(13-4-5-14-28)27(32)31-15-6-3-8-20(19-31)16-21-9-7-10-24-23(21)18-29-30-24/h7,9-12,17-18,20H,3-6,8,13-16,19H2,1-2H3,(H,29,30). The number of carbonyl (C=O) groups excluding carboxylic acids is 1. The molecule has 6 nitrogen and oxygen atoms in total. The molecule has 2 aromatic carbocycles. The number of hydrogen-bond donors (Lipinski definition) is 1. The first-order valence-corrected chi connectivity index (χ1v) is 12.6. The SMILES string of the molecule is COc1ccc(C2(C(=O)N3CCCCC(Cc4cccc5[nH]ncc45)C3)CCCC2)cc1OC. The van der Waals surface area contributed by atoms with Crippen LogP contribution in [0.1, 0.15) is 56.1 Å². The first-order chi connectivity index (χ1) is 16.6. The normalized spacial score (nSPS) is 20.3. The van der Waals surface area contributed by atoms with Crippen LogP contribution < -0.4 is 9.47 Å². The molecule has 1 unspecified atom stereocenters. The summed E-state index contributed by atoms with van der Waals surface area (Å²) in [6.45, 7) is 1.67. The predicted molar refractivity (Wildman–Crippen MR) is 133 cm³/mol. The van der Waals surface area contributed by atoms with Crippen molar-refractivity contribution in [3.05, 3.63) is 53.7 Å². The summed E-state index contributed by atoms with van der Waals surface area (Å²) in [5.74, 6) is 2.15. The minimum Gasteiger partial charge on any atom is -0.493 e. The number of methoxy groups -OCH3 is 2. The molecule has 6 heteroatoms. The van der Waals surface area contributed by atoms with E-state index in [-0.39, 0.29) is 0 Å². The fourth-order valence-electron chi connectivity index (χ4n) is 6.14. The van der Waals surface area contributed by atoms with E-state index in [9.17, 15) is 4.79 Å². The van der Waals surface area contributed by atoms with E-state index in [1.807, 2.05) is 18.3 Å². The molecule has 1 aliphatic carbocycles. The van der Waals surface area contributed by atoms with Gasteiger partial charge >= 0.3 is 0 Å². The van der Waals surface area contributed by atoms with Gasteiger partial charge in [-0.05, 0) is 67.3 Å². The van der Waals surface area contributed by atoms with Crippen molar-refractivity contribution in [2.45, 2.75) is 56.8 Å². The van der Waals surface area contributed by atoms with Crippen LogP contribution in [0.25, 0.3) is 10.9 Å². The Bertz CT molecular complexity index is 1150. The van der Waals surface area contributed by atoms with Crippen LogP contribution in [-0.4, -0.2) is 48.3 Å². The van der Waals surface area contributed by atoms with Crippen LogP contribution in [0.2, 0.25) is 0 Å². The average Bonchev–Trinajstić information content (AvgIpc) is 3.50. The molecular weight excluding hydrogens is 426 g/mol. The minimum atomic E-state index is -0.459.